The van der Waals surface area contributed by atoms with E-state index < -0.39 is 0 Å². The van der Waals surface area contributed by atoms with Crippen molar-refractivity contribution in [3.8, 4) is 0 Å². The second-order valence-electron chi connectivity index (χ2n) is 4.79. The van der Waals surface area contributed by atoms with Gasteiger partial charge in [0.2, 0.25) is 0 Å². The highest BCUT2D eigenvalue weighted by atomic mass is 16.1. The highest BCUT2D eigenvalue weighted by Gasteiger charge is 2.19. The number of carbonyl (C=O) groups is 1. The van der Waals surface area contributed by atoms with Crippen LogP contribution in [0, 0.1) is 13.8 Å². The van der Waals surface area contributed by atoms with Crippen LogP contribution in [0.1, 0.15) is 66.3 Å². The summed E-state index contributed by atoms with van der Waals surface area (Å²) in [7, 11) is 0. The van der Waals surface area contributed by atoms with Crippen molar-refractivity contribution in [1.82, 2.24) is 9.78 Å². The SMILES string of the molecule is Cc1nn(C2CCCCCC2)c(C)c1C=O. The van der Waals surface area contributed by atoms with Crippen molar-refractivity contribution in [2.24, 2.45) is 0 Å². The summed E-state index contributed by atoms with van der Waals surface area (Å²) in [6.45, 7) is 3.93. The first-order valence-corrected chi connectivity index (χ1v) is 6.25. The van der Waals surface area contributed by atoms with Crippen LogP contribution in [0.5, 0.6) is 0 Å². The standard InChI is InChI=1S/C13H20N2O/c1-10-13(9-16)11(2)15(14-10)12-7-5-3-4-6-8-12/h9,12H,3-8H2,1-2H3. The van der Waals surface area contributed by atoms with Gasteiger partial charge >= 0.3 is 0 Å². The molecular weight excluding hydrogens is 200 g/mol. The van der Waals surface area contributed by atoms with Crippen molar-refractivity contribution in [2.75, 3.05) is 0 Å². The lowest BCUT2D eigenvalue weighted by atomic mass is 10.1. The second kappa shape index (κ2) is 4.81. The van der Waals surface area contributed by atoms with Gasteiger partial charge in [-0.25, -0.2) is 0 Å². The molecule has 1 aromatic rings. The fraction of sp³-hybridized carbons (Fsp3) is 0.692. The van der Waals surface area contributed by atoms with Crippen LogP contribution in [0.15, 0.2) is 0 Å². The summed E-state index contributed by atoms with van der Waals surface area (Å²) >= 11 is 0. The molecule has 0 bridgehead atoms. The van der Waals surface area contributed by atoms with Crippen molar-refractivity contribution in [1.29, 1.82) is 0 Å². The number of aryl methyl sites for hydroxylation is 1. The molecule has 0 atom stereocenters. The van der Waals surface area contributed by atoms with Crippen LogP contribution in [0.3, 0.4) is 0 Å². The smallest absolute Gasteiger partial charge is 0.153 e. The molecule has 0 N–H and O–H groups in total. The van der Waals surface area contributed by atoms with E-state index in [1.165, 1.54) is 38.5 Å². The van der Waals surface area contributed by atoms with Gasteiger partial charge in [0.15, 0.2) is 6.29 Å². The van der Waals surface area contributed by atoms with Gasteiger partial charge in [-0.05, 0) is 26.7 Å². The minimum atomic E-state index is 0.509. The Bertz CT molecular complexity index is 374. The van der Waals surface area contributed by atoms with E-state index in [-0.39, 0.29) is 0 Å². The molecule has 0 aromatic carbocycles. The fourth-order valence-corrected chi connectivity index (χ4v) is 2.70. The van der Waals surface area contributed by atoms with Crippen LogP contribution >= 0.6 is 0 Å². The average molecular weight is 220 g/mol. The molecule has 0 saturated heterocycles. The molecule has 0 aliphatic heterocycles. The number of hydrogen-bond acceptors (Lipinski definition) is 2. The van der Waals surface area contributed by atoms with Gasteiger partial charge in [-0.2, -0.15) is 5.10 Å². The fourth-order valence-electron chi connectivity index (χ4n) is 2.70. The van der Waals surface area contributed by atoms with Crippen LogP contribution in [0.4, 0.5) is 0 Å². The predicted octanol–water partition coefficient (Wildman–Crippen LogP) is 3.21. The third-order valence-electron chi connectivity index (χ3n) is 3.67. The lowest BCUT2D eigenvalue weighted by Gasteiger charge is -2.16. The summed E-state index contributed by atoms with van der Waals surface area (Å²) < 4.78 is 2.09. The maximum Gasteiger partial charge on any atom is 0.153 e. The number of aldehydes is 1. The first-order chi connectivity index (χ1) is 7.74. The summed E-state index contributed by atoms with van der Waals surface area (Å²) in [5, 5.41) is 4.53. The van der Waals surface area contributed by atoms with Crippen molar-refractivity contribution >= 4 is 6.29 Å². The van der Waals surface area contributed by atoms with Crippen LogP contribution in [0.25, 0.3) is 0 Å². The Morgan fingerprint density at radius 1 is 1.19 bits per heavy atom. The van der Waals surface area contributed by atoms with Gasteiger partial charge in [-0.3, -0.25) is 9.48 Å². The van der Waals surface area contributed by atoms with Crippen molar-refractivity contribution in [3.63, 3.8) is 0 Å². The zero-order valence-electron chi connectivity index (χ0n) is 10.2. The Hall–Kier alpha value is -1.12. The Morgan fingerprint density at radius 2 is 1.81 bits per heavy atom. The van der Waals surface area contributed by atoms with E-state index in [0.717, 1.165) is 23.2 Å². The van der Waals surface area contributed by atoms with Gasteiger partial charge in [0.1, 0.15) is 0 Å². The van der Waals surface area contributed by atoms with Crippen LogP contribution < -0.4 is 0 Å². The number of aromatic nitrogens is 2. The van der Waals surface area contributed by atoms with Gasteiger partial charge in [-0.15, -0.1) is 0 Å². The van der Waals surface area contributed by atoms with E-state index in [4.69, 9.17) is 0 Å². The van der Waals surface area contributed by atoms with E-state index >= 15 is 0 Å². The third kappa shape index (κ3) is 2.04. The molecule has 1 aliphatic rings. The van der Waals surface area contributed by atoms with Crippen molar-refractivity contribution in [2.45, 2.75) is 58.4 Å². The van der Waals surface area contributed by atoms with Crippen LogP contribution in [-0.4, -0.2) is 16.1 Å². The molecule has 0 unspecified atom stereocenters. The van der Waals surface area contributed by atoms with Crippen molar-refractivity contribution in [3.05, 3.63) is 17.0 Å². The molecular formula is C13H20N2O. The first kappa shape index (κ1) is 11.4. The molecule has 88 valence electrons. The Morgan fingerprint density at radius 3 is 2.31 bits per heavy atom. The molecule has 3 heteroatoms. The minimum absolute atomic E-state index is 0.509. The highest BCUT2D eigenvalue weighted by molar-refractivity contribution is 5.78. The van der Waals surface area contributed by atoms with Gasteiger partial charge < -0.3 is 0 Å². The molecule has 0 amide bonds. The molecule has 1 aliphatic carbocycles. The summed E-state index contributed by atoms with van der Waals surface area (Å²) in [6, 6.07) is 0.509. The summed E-state index contributed by atoms with van der Waals surface area (Å²) in [6.07, 6.45) is 8.62. The number of hydrogen-bond donors (Lipinski definition) is 0. The molecule has 2 rings (SSSR count). The second-order valence-corrected chi connectivity index (χ2v) is 4.79. The monoisotopic (exact) mass is 220 g/mol. The van der Waals surface area contributed by atoms with Crippen LogP contribution in [0.2, 0.25) is 0 Å². The van der Waals surface area contributed by atoms with Crippen LogP contribution in [-0.2, 0) is 0 Å². The zero-order valence-corrected chi connectivity index (χ0v) is 10.2. The summed E-state index contributed by atoms with van der Waals surface area (Å²) in [5.74, 6) is 0. The van der Waals surface area contributed by atoms with E-state index in [2.05, 4.69) is 9.78 Å². The normalized spacial score (nSPS) is 18.4. The van der Waals surface area contributed by atoms with Gasteiger partial charge in [0.25, 0.3) is 0 Å². The molecule has 1 heterocycles. The van der Waals surface area contributed by atoms with Gasteiger partial charge in [-0.1, -0.05) is 25.7 Å². The quantitative estimate of drug-likeness (QED) is 0.566. The lowest BCUT2D eigenvalue weighted by Crippen LogP contribution is -2.11. The first-order valence-electron chi connectivity index (χ1n) is 6.25. The van der Waals surface area contributed by atoms with E-state index in [1.807, 2.05) is 13.8 Å². The third-order valence-corrected chi connectivity index (χ3v) is 3.67. The Labute approximate surface area is 96.8 Å². The largest absolute Gasteiger partial charge is 0.298 e. The molecule has 16 heavy (non-hydrogen) atoms. The predicted molar refractivity (Wildman–Crippen MR) is 63.8 cm³/mol. The summed E-state index contributed by atoms with van der Waals surface area (Å²) in [5.41, 5.74) is 2.69. The molecule has 1 fully saturated rings. The maximum absolute atomic E-state index is 11.0. The number of carbonyl (C=O) groups excluding carboxylic acids is 1. The zero-order chi connectivity index (χ0) is 11.5. The Balaban J connectivity index is 2.28. The summed E-state index contributed by atoms with van der Waals surface area (Å²) in [4.78, 5) is 11.0. The highest BCUT2D eigenvalue weighted by Crippen LogP contribution is 2.28. The maximum atomic E-state index is 11.0. The van der Waals surface area contributed by atoms with E-state index in [0.29, 0.717) is 6.04 Å². The molecule has 1 saturated carbocycles. The van der Waals surface area contributed by atoms with Gasteiger partial charge in [0, 0.05) is 5.69 Å². The average Bonchev–Trinajstić information content (AvgIpc) is 2.49. The topological polar surface area (TPSA) is 34.9 Å². The molecule has 0 spiro atoms. The van der Waals surface area contributed by atoms with E-state index in [9.17, 15) is 4.79 Å². The molecule has 3 nitrogen and oxygen atoms in total. The van der Waals surface area contributed by atoms with Gasteiger partial charge in [0.05, 0.1) is 17.3 Å². The minimum Gasteiger partial charge on any atom is -0.298 e. The molecule has 1 aromatic heterocycles. The Kier molecular flexibility index (Phi) is 3.42. The number of rotatable bonds is 2. The number of nitrogens with zero attached hydrogens (tertiary/aromatic N) is 2. The van der Waals surface area contributed by atoms with E-state index in [1.54, 1.807) is 0 Å². The lowest BCUT2D eigenvalue weighted by molar-refractivity contribution is 0.112. The van der Waals surface area contributed by atoms with Crippen molar-refractivity contribution < 1.29 is 4.79 Å². The molecule has 0 radical (unpaired) electrons.